The average molecular weight is 333 g/mol. The van der Waals surface area contributed by atoms with Crippen LogP contribution in [0, 0.1) is 0 Å². The van der Waals surface area contributed by atoms with E-state index in [1.54, 1.807) is 18.5 Å². The topological polar surface area (TPSA) is 95.8 Å². The fourth-order valence-electron chi connectivity index (χ4n) is 2.57. The van der Waals surface area contributed by atoms with Crippen LogP contribution in [0.5, 0.6) is 5.88 Å². The lowest BCUT2D eigenvalue weighted by Crippen LogP contribution is -2.58. The Kier molecular flexibility index (Phi) is 4.02. The molecule has 0 aromatic carbocycles. The molecule has 0 unspecified atom stereocenters. The third-order valence-electron chi connectivity index (χ3n) is 4.12. The number of azide groups is 1. The molecule has 1 aliphatic heterocycles. The fourth-order valence-corrected chi connectivity index (χ4v) is 2.73. The van der Waals surface area contributed by atoms with E-state index in [-0.39, 0.29) is 12.1 Å². The smallest absolute Gasteiger partial charge is 0.223 e. The SMILES string of the molecule is C[C@@H]1NC[C@H]1Oc1ncc(C(C)(C)N=[N+]=[N-])c2cc(Cl)ncc12. The van der Waals surface area contributed by atoms with Gasteiger partial charge in [-0.2, -0.15) is 0 Å². The Morgan fingerprint density at radius 1 is 1.39 bits per heavy atom. The lowest BCUT2D eigenvalue weighted by atomic mass is 9.93. The van der Waals surface area contributed by atoms with Gasteiger partial charge in [0.1, 0.15) is 11.3 Å². The molecule has 1 aliphatic rings. The van der Waals surface area contributed by atoms with Gasteiger partial charge >= 0.3 is 0 Å². The molecule has 1 fully saturated rings. The lowest BCUT2D eigenvalue weighted by molar-refractivity contribution is 0.0907. The summed E-state index contributed by atoms with van der Waals surface area (Å²) in [6.07, 6.45) is 3.41. The minimum absolute atomic E-state index is 0.0809. The second-order valence-corrected chi connectivity index (χ2v) is 6.52. The van der Waals surface area contributed by atoms with Crippen molar-refractivity contribution in [2.45, 2.75) is 38.5 Å². The zero-order chi connectivity index (χ0) is 16.6. The predicted octanol–water partition coefficient (Wildman–Crippen LogP) is 3.57. The third kappa shape index (κ3) is 2.91. The van der Waals surface area contributed by atoms with E-state index in [4.69, 9.17) is 21.9 Å². The van der Waals surface area contributed by atoms with Crippen LogP contribution in [-0.4, -0.2) is 28.7 Å². The summed E-state index contributed by atoms with van der Waals surface area (Å²) in [5, 5.41) is 9.06. The summed E-state index contributed by atoms with van der Waals surface area (Å²) >= 11 is 6.05. The second kappa shape index (κ2) is 5.85. The van der Waals surface area contributed by atoms with E-state index in [9.17, 15) is 0 Å². The van der Waals surface area contributed by atoms with Gasteiger partial charge in [0, 0.05) is 29.9 Å². The normalized spacial score (nSPS) is 20.7. The Labute approximate surface area is 138 Å². The molecule has 8 heteroatoms. The van der Waals surface area contributed by atoms with Crippen LogP contribution in [0.2, 0.25) is 5.15 Å². The van der Waals surface area contributed by atoms with Gasteiger partial charge in [0.25, 0.3) is 0 Å². The van der Waals surface area contributed by atoms with E-state index < -0.39 is 5.54 Å². The summed E-state index contributed by atoms with van der Waals surface area (Å²) < 4.78 is 5.98. The first kappa shape index (κ1) is 15.8. The van der Waals surface area contributed by atoms with Gasteiger partial charge in [0.2, 0.25) is 5.88 Å². The largest absolute Gasteiger partial charge is 0.471 e. The Hall–Kier alpha value is -2.08. The van der Waals surface area contributed by atoms with Gasteiger partial charge < -0.3 is 10.1 Å². The maximum absolute atomic E-state index is 8.80. The highest BCUT2D eigenvalue weighted by Crippen LogP contribution is 2.35. The van der Waals surface area contributed by atoms with Gasteiger partial charge in [0.05, 0.1) is 10.9 Å². The van der Waals surface area contributed by atoms with Crippen molar-refractivity contribution >= 4 is 22.4 Å². The molecule has 0 radical (unpaired) electrons. The summed E-state index contributed by atoms with van der Waals surface area (Å²) in [5.74, 6) is 0.517. The Morgan fingerprint density at radius 3 is 2.78 bits per heavy atom. The van der Waals surface area contributed by atoms with Gasteiger partial charge in [0.15, 0.2) is 0 Å². The number of hydrogen-bond donors (Lipinski definition) is 1. The van der Waals surface area contributed by atoms with E-state index in [1.807, 2.05) is 13.8 Å². The van der Waals surface area contributed by atoms with Crippen molar-refractivity contribution in [3.63, 3.8) is 0 Å². The van der Waals surface area contributed by atoms with Crippen molar-refractivity contribution in [2.75, 3.05) is 6.54 Å². The molecule has 2 atom stereocenters. The van der Waals surface area contributed by atoms with Crippen LogP contribution in [0.25, 0.3) is 21.2 Å². The highest BCUT2D eigenvalue weighted by molar-refractivity contribution is 6.30. The molecule has 1 saturated heterocycles. The number of nitrogens with zero attached hydrogens (tertiary/aromatic N) is 5. The van der Waals surface area contributed by atoms with Crippen LogP contribution in [0.15, 0.2) is 23.6 Å². The number of fused-ring (bicyclic) bond motifs is 1. The quantitative estimate of drug-likeness (QED) is 0.400. The molecule has 2 aromatic heterocycles. The first-order chi connectivity index (χ1) is 10.9. The number of halogens is 1. The third-order valence-corrected chi connectivity index (χ3v) is 4.32. The van der Waals surface area contributed by atoms with E-state index in [2.05, 4.69) is 32.2 Å². The zero-order valence-electron chi connectivity index (χ0n) is 13.1. The van der Waals surface area contributed by atoms with Crippen molar-refractivity contribution in [1.29, 1.82) is 0 Å². The van der Waals surface area contributed by atoms with Crippen molar-refractivity contribution in [3.05, 3.63) is 39.6 Å². The van der Waals surface area contributed by atoms with E-state index in [0.29, 0.717) is 11.0 Å². The maximum atomic E-state index is 8.80. The summed E-state index contributed by atoms with van der Waals surface area (Å²) in [4.78, 5) is 11.5. The molecule has 0 aliphatic carbocycles. The van der Waals surface area contributed by atoms with Crippen molar-refractivity contribution in [2.24, 2.45) is 5.11 Å². The molecule has 2 aromatic rings. The Balaban J connectivity index is 2.13. The highest BCUT2D eigenvalue weighted by Gasteiger charge is 2.30. The molecule has 0 bridgehead atoms. The number of rotatable bonds is 4. The minimum Gasteiger partial charge on any atom is -0.471 e. The summed E-state index contributed by atoms with van der Waals surface area (Å²) in [5.41, 5.74) is 8.82. The number of ether oxygens (including phenoxy) is 1. The van der Waals surface area contributed by atoms with Crippen LogP contribution in [-0.2, 0) is 5.54 Å². The van der Waals surface area contributed by atoms with Gasteiger partial charge in [-0.3, -0.25) is 0 Å². The van der Waals surface area contributed by atoms with Crippen LogP contribution in [0.1, 0.15) is 26.3 Å². The molecule has 7 nitrogen and oxygen atoms in total. The van der Waals surface area contributed by atoms with Gasteiger partial charge in [-0.1, -0.05) is 30.6 Å². The molecule has 3 heterocycles. The highest BCUT2D eigenvalue weighted by atomic mass is 35.5. The molecular weight excluding hydrogens is 316 g/mol. The Bertz CT molecular complexity index is 802. The standard InChI is InChI=1S/C15H17ClN6O/c1-8-12(7-18-8)23-14-10-5-19-13(16)4-9(10)11(6-20-14)15(2,3)21-22-17/h4-6,8,12,18H,7H2,1-3H3/t8-,12+/m0/s1. The molecule has 0 spiro atoms. The van der Waals surface area contributed by atoms with Crippen molar-refractivity contribution in [3.8, 4) is 5.88 Å². The van der Waals surface area contributed by atoms with Crippen LogP contribution >= 0.6 is 11.6 Å². The van der Waals surface area contributed by atoms with E-state index >= 15 is 0 Å². The predicted molar refractivity (Wildman–Crippen MR) is 88.6 cm³/mol. The monoisotopic (exact) mass is 332 g/mol. The first-order valence-corrected chi connectivity index (χ1v) is 7.71. The Morgan fingerprint density at radius 2 is 2.17 bits per heavy atom. The number of nitrogens with one attached hydrogen (secondary N) is 1. The van der Waals surface area contributed by atoms with Crippen molar-refractivity contribution in [1.82, 2.24) is 15.3 Å². The molecular formula is C15H17ClN6O. The lowest BCUT2D eigenvalue weighted by Gasteiger charge is -2.35. The first-order valence-electron chi connectivity index (χ1n) is 7.33. The van der Waals surface area contributed by atoms with Gasteiger partial charge in [-0.25, -0.2) is 9.97 Å². The molecule has 1 N–H and O–H groups in total. The second-order valence-electron chi connectivity index (χ2n) is 6.13. The minimum atomic E-state index is -0.755. The van der Waals surface area contributed by atoms with Gasteiger partial charge in [-0.05, 0) is 29.5 Å². The summed E-state index contributed by atoms with van der Waals surface area (Å²) in [6, 6.07) is 2.03. The van der Waals surface area contributed by atoms with E-state index in [1.165, 1.54) is 0 Å². The van der Waals surface area contributed by atoms with Crippen LogP contribution in [0.4, 0.5) is 0 Å². The zero-order valence-corrected chi connectivity index (χ0v) is 13.9. The molecule has 0 saturated carbocycles. The number of aromatic nitrogens is 2. The van der Waals surface area contributed by atoms with Crippen LogP contribution in [0.3, 0.4) is 0 Å². The fraction of sp³-hybridized carbons (Fsp3) is 0.467. The molecule has 3 rings (SSSR count). The number of hydrogen-bond acceptors (Lipinski definition) is 5. The number of pyridine rings is 2. The maximum Gasteiger partial charge on any atom is 0.223 e. The summed E-state index contributed by atoms with van der Waals surface area (Å²) in [7, 11) is 0. The molecule has 23 heavy (non-hydrogen) atoms. The van der Waals surface area contributed by atoms with Crippen molar-refractivity contribution < 1.29 is 4.74 Å². The average Bonchev–Trinajstić information content (AvgIpc) is 2.50. The van der Waals surface area contributed by atoms with E-state index in [0.717, 1.165) is 22.9 Å². The van der Waals surface area contributed by atoms with Gasteiger partial charge in [-0.15, -0.1) is 0 Å². The molecule has 120 valence electrons. The van der Waals surface area contributed by atoms with Crippen LogP contribution < -0.4 is 10.1 Å². The molecule has 0 amide bonds. The summed E-state index contributed by atoms with van der Waals surface area (Å²) in [6.45, 7) is 6.51.